The quantitative estimate of drug-likeness (QED) is 0.733. The minimum atomic E-state index is -0.161. The molecule has 19 heavy (non-hydrogen) atoms. The van der Waals surface area contributed by atoms with Crippen molar-refractivity contribution < 1.29 is 0 Å². The molecule has 0 bridgehead atoms. The van der Waals surface area contributed by atoms with Gasteiger partial charge in [-0.3, -0.25) is 0 Å². The summed E-state index contributed by atoms with van der Waals surface area (Å²) in [6.45, 7) is 1.92. The maximum Gasteiger partial charge on any atom is 0.0653 e. The molecule has 1 nitrogen and oxygen atoms in total. The van der Waals surface area contributed by atoms with Crippen LogP contribution in [0.15, 0.2) is 46.6 Å². The van der Waals surface area contributed by atoms with Gasteiger partial charge >= 0.3 is 0 Å². The summed E-state index contributed by atoms with van der Waals surface area (Å²) in [7, 11) is 0. The van der Waals surface area contributed by atoms with Gasteiger partial charge in [-0.1, -0.05) is 54.0 Å². The van der Waals surface area contributed by atoms with Crippen molar-refractivity contribution in [3.63, 3.8) is 0 Å². The molecule has 0 amide bonds. The largest absolute Gasteiger partial charge is 0.320 e. The summed E-state index contributed by atoms with van der Waals surface area (Å²) in [6.07, 6.45) is 18.8. The lowest BCUT2D eigenvalue weighted by atomic mass is 9.88. The van der Waals surface area contributed by atoms with E-state index >= 15 is 0 Å². The van der Waals surface area contributed by atoms with E-state index in [4.69, 9.17) is 17.3 Å². The summed E-state index contributed by atoms with van der Waals surface area (Å²) in [6, 6.07) is -0.161. The fourth-order valence-electron chi connectivity index (χ4n) is 2.82. The van der Waals surface area contributed by atoms with E-state index < -0.39 is 0 Å². The highest BCUT2D eigenvalue weighted by Gasteiger charge is 2.15. The molecule has 2 aliphatic rings. The molecular weight excluding hydrogens is 254 g/mol. The van der Waals surface area contributed by atoms with Crippen LogP contribution in [0.1, 0.15) is 45.4 Å². The Labute approximate surface area is 121 Å². The van der Waals surface area contributed by atoms with E-state index in [1.807, 2.05) is 13.0 Å². The van der Waals surface area contributed by atoms with Crippen LogP contribution >= 0.6 is 11.6 Å². The van der Waals surface area contributed by atoms with Gasteiger partial charge < -0.3 is 5.73 Å². The average molecular weight is 278 g/mol. The molecule has 0 spiro atoms. The third-order valence-corrected chi connectivity index (χ3v) is 4.49. The molecule has 2 heteroatoms. The Bertz CT molecular complexity index is 421. The molecule has 2 rings (SSSR count). The van der Waals surface area contributed by atoms with Crippen LogP contribution in [-0.2, 0) is 0 Å². The van der Waals surface area contributed by atoms with Crippen molar-refractivity contribution in [2.45, 2.75) is 51.5 Å². The van der Waals surface area contributed by atoms with E-state index in [1.54, 1.807) is 5.57 Å². The van der Waals surface area contributed by atoms with Crippen LogP contribution < -0.4 is 5.73 Å². The van der Waals surface area contributed by atoms with Crippen LogP contribution in [0, 0.1) is 5.92 Å². The van der Waals surface area contributed by atoms with Crippen molar-refractivity contribution in [3.05, 3.63) is 46.6 Å². The normalized spacial score (nSPS) is 26.1. The van der Waals surface area contributed by atoms with Gasteiger partial charge in [0.1, 0.15) is 0 Å². The molecule has 0 aromatic heterocycles. The van der Waals surface area contributed by atoms with Gasteiger partial charge in [0, 0.05) is 5.03 Å². The van der Waals surface area contributed by atoms with Crippen molar-refractivity contribution in [1.82, 2.24) is 0 Å². The zero-order valence-electron chi connectivity index (χ0n) is 11.7. The molecule has 1 fully saturated rings. The van der Waals surface area contributed by atoms with Gasteiger partial charge in [0.05, 0.1) is 6.04 Å². The lowest BCUT2D eigenvalue weighted by molar-refractivity contribution is 0.591. The van der Waals surface area contributed by atoms with Crippen LogP contribution in [0.4, 0.5) is 0 Å². The van der Waals surface area contributed by atoms with Gasteiger partial charge in [0.2, 0.25) is 0 Å². The predicted octanol–water partition coefficient (Wildman–Crippen LogP) is 4.85. The van der Waals surface area contributed by atoms with Crippen LogP contribution in [0.2, 0.25) is 0 Å². The highest BCUT2D eigenvalue weighted by molar-refractivity contribution is 6.30. The second-order valence-electron chi connectivity index (χ2n) is 5.50. The predicted molar refractivity (Wildman–Crippen MR) is 84.1 cm³/mol. The SMILES string of the molecule is C/C=C(/Cl)C(N)C1=CCC(C=C2CCCCC2)C=C1. The van der Waals surface area contributed by atoms with Gasteiger partial charge in [-0.15, -0.1) is 0 Å². The molecule has 0 heterocycles. The van der Waals surface area contributed by atoms with Crippen molar-refractivity contribution in [2.24, 2.45) is 11.7 Å². The topological polar surface area (TPSA) is 26.0 Å². The average Bonchev–Trinajstić information content (AvgIpc) is 2.47. The van der Waals surface area contributed by atoms with Gasteiger partial charge in [-0.05, 0) is 50.5 Å². The number of hydrogen-bond donors (Lipinski definition) is 1. The first-order valence-corrected chi connectivity index (χ1v) is 7.73. The summed E-state index contributed by atoms with van der Waals surface area (Å²) in [5.74, 6) is 0.549. The van der Waals surface area contributed by atoms with Crippen LogP contribution in [-0.4, -0.2) is 6.04 Å². The molecule has 0 saturated heterocycles. The maximum atomic E-state index is 6.10. The van der Waals surface area contributed by atoms with Crippen LogP contribution in [0.3, 0.4) is 0 Å². The molecule has 0 radical (unpaired) electrons. The van der Waals surface area contributed by atoms with E-state index in [1.165, 1.54) is 32.1 Å². The molecule has 104 valence electrons. The molecule has 0 aromatic rings. The Kier molecular flexibility index (Phi) is 5.47. The number of hydrogen-bond acceptors (Lipinski definition) is 1. The Hall–Kier alpha value is -0.790. The van der Waals surface area contributed by atoms with Crippen molar-refractivity contribution in [3.8, 4) is 0 Å². The Morgan fingerprint density at radius 3 is 2.68 bits per heavy atom. The zero-order chi connectivity index (χ0) is 13.7. The molecule has 2 aliphatic carbocycles. The molecular formula is C17H24ClN. The smallest absolute Gasteiger partial charge is 0.0653 e. The van der Waals surface area contributed by atoms with E-state index in [9.17, 15) is 0 Å². The zero-order valence-corrected chi connectivity index (χ0v) is 12.5. The van der Waals surface area contributed by atoms with Crippen molar-refractivity contribution >= 4 is 11.6 Å². The van der Waals surface area contributed by atoms with Crippen molar-refractivity contribution in [2.75, 3.05) is 0 Å². The van der Waals surface area contributed by atoms with Gasteiger partial charge in [0.25, 0.3) is 0 Å². The Morgan fingerprint density at radius 2 is 2.11 bits per heavy atom. The first-order valence-electron chi connectivity index (χ1n) is 7.36. The molecule has 0 aliphatic heterocycles. The summed E-state index contributed by atoms with van der Waals surface area (Å²) < 4.78 is 0. The van der Waals surface area contributed by atoms with Gasteiger partial charge in [-0.25, -0.2) is 0 Å². The molecule has 2 atom stereocenters. The Balaban J connectivity index is 1.95. The first-order chi connectivity index (χ1) is 9.20. The summed E-state index contributed by atoms with van der Waals surface area (Å²) in [5.41, 5.74) is 8.88. The van der Waals surface area contributed by atoms with Crippen molar-refractivity contribution in [1.29, 1.82) is 0 Å². The van der Waals surface area contributed by atoms with Gasteiger partial charge in [0.15, 0.2) is 0 Å². The fraction of sp³-hybridized carbons (Fsp3) is 0.529. The Morgan fingerprint density at radius 1 is 1.37 bits per heavy atom. The lowest BCUT2D eigenvalue weighted by Crippen LogP contribution is -2.23. The highest BCUT2D eigenvalue weighted by Crippen LogP contribution is 2.28. The second-order valence-corrected chi connectivity index (χ2v) is 5.94. The number of halogens is 1. The van der Waals surface area contributed by atoms with Crippen LogP contribution in [0.25, 0.3) is 0 Å². The third kappa shape index (κ3) is 4.09. The van der Waals surface area contributed by atoms with E-state index in [2.05, 4.69) is 24.3 Å². The first kappa shape index (κ1) is 14.6. The molecule has 1 saturated carbocycles. The number of rotatable bonds is 3. The fourth-order valence-corrected chi connectivity index (χ4v) is 2.95. The van der Waals surface area contributed by atoms with Crippen LogP contribution in [0.5, 0.6) is 0 Å². The minimum absolute atomic E-state index is 0.161. The highest BCUT2D eigenvalue weighted by atomic mass is 35.5. The van der Waals surface area contributed by atoms with Gasteiger partial charge in [-0.2, -0.15) is 0 Å². The number of nitrogens with two attached hydrogens (primary N) is 1. The summed E-state index contributed by atoms with van der Waals surface area (Å²) >= 11 is 6.09. The second kappa shape index (κ2) is 7.12. The molecule has 0 aromatic carbocycles. The van der Waals surface area contributed by atoms with E-state index in [0.29, 0.717) is 5.92 Å². The summed E-state index contributed by atoms with van der Waals surface area (Å²) in [5, 5.41) is 0.722. The summed E-state index contributed by atoms with van der Waals surface area (Å²) in [4.78, 5) is 0. The monoisotopic (exact) mass is 277 g/mol. The lowest BCUT2D eigenvalue weighted by Gasteiger charge is -2.20. The number of allylic oxidation sites excluding steroid dienone is 5. The maximum absolute atomic E-state index is 6.10. The minimum Gasteiger partial charge on any atom is -0.320 e. The third-order valence-electron chi connectivity index (χ3n) is 4.04. The molecule has 2 N–H and O–H groups in total. The standard InChI is InChI=1S/C17H24ClN/c1-2-16(18)17(19)15-10-8-14(9-11-15)12-13-6-4-3-5-7-13/h2,8,10-12,14,17H,3-7,9,19H2,1H3/b16-2+. The van der Waals surface area contributed by atoms with E-state index in [-0.39, 0.29) is 6.04 Å². The molecule has 2 unspecified atom stereocenters. The van der Waals surface area contributed by atoms with E-state index in [0.717, 1.165) is 17.0 Å².